The van der Waals surface area contributed by atoms with E-state index in [9.17, 15) is 0 Å². The fraction of sp³-hybridized carbons (Fsp3) is 0.750. The van der Waals surface area contributed by atoms with Crippen LogP contribution < -0.4 is 5.73 Å². The molecule has 0 fully saturated rings. The number of guanidine groups is 1. The normalized spacial score (nSPS) is 11.4. The second-order valence-corrected chi connectivity index (χ2v) is 2.65. The van der Waals surface area contributed by atoms with E-state index in [1.807, 2.05) is 13.8 Å². The summed E-state index contributed by atoms with van der Waals surface area (Å²) in [5, 5.41) is 0. The SMILES string of the molecule is CCCCN=C(N)N=C(C)C. The molecule has 0 atom stereocenters. The minimum Gasteiger partial charge on any atom is -0.368 e. The quantitative estimate of drug-likeness (QED) is 0.375. The molecule has 64 valence electrons. The van der Waals surface area contributed by atoms with E-state index in [1.165, 1.54) is 0 Å². The molecule has 0 saturated heterocycles. The van der Waals surface area contributed by atoms with E-state index < -0.39 is 0 Å². The molecule has 3 nitrogen and oxygen atoms in total. The summed E-state index contributed by atoms with van der Waals surface area (Å²) in [7, 11) is 0. The number of nitrogens with zero attached hydrogens (tertiary/aromatic N) is 2. The van der Waals surface area contributed by atoms with Crippen molar-refractivity contribution in [2.75, 3.05) is 6.54 Å². The lowest BCUT2D eigenvalue weighted by atomic mass is 10.3. The number of hydrogen-bond donors (Lipinski definition) is 1. The van der Waals surface area contributed by atoms with Gasteiger partial charge in [-0.1, -0.05) is 13.3 Å². The van der Waals surface area contributed by atoms with Gasteiger partial charge in [-0.2, -0.15) is 0 Å². The second kappa shape index (κ2) is 5.89. The molecule has 0 radical (unpaired) electrons. The van der Waals surface area contributed by atoms with Crippen LogP contribution in [0.2, 0.25) is 0 Å². The van der Waals surface area contributed by atoms with Gasteiger partial charge < -0.3 is 5.73 Å². The van der Waals surface area contributed by atoms with E-state index >= 15 is 0 Å². The smallest absolute Gasteiger partial charge is 0.215 e. The molecule has 0 aromatic heterocycles. The van der Waals surface area contributed by atoms with Gasteiger partial charge in [-0.25, -0.2) is 4.99 Å². The molecule has 2 N–H and O–H groups in total. The van der Waals surface area contributed by atoms with Gasteiger partial charge in [0.1, 0.15) is 0 Å². The van der Waals surface area contributed by atoms with Crippen LogP contribution in [-0.2, 0) is 0 Å². The van der Waals surface area contributed by atoms with Gasteiger partial charge in [-0.05, 0) is 20.3 Å². The molecule has 3 heteroatoms. The number of rotatable bonds is 3. The first-order valence-electron chi connectivity index (χ1n) is 3.98. The van der Waals surface area contributed by atoms with Crippen molar-refractivity contribution in [1.82, 2.24) is 0 Å². The van der Waals surface area contributed by atoms with E-state index in [-0.39, 0.29) is 0 Å². The Morgan fingerprint density at radius 1 is 1.36 bits per heavy atom. The Morgan fingerprint density at radius 2 is 2.00 bits per heavy atom. The van der Waals surface area contributed by atoms with Crippen LogP contribution in [0.4, 0.5) is 0 Å². The van der Waals surface area contributed by atoms with Crippen LogP contribution in [0.1, 0.15) is 33.6 Å². The standard InChI is InChI=1S/C8H17N3/c1-4-5-6-10-8(9)11-7(2)3/h4-6H2,1-3H3,(H2,9,10). The van der Waals surface area contributed by atoms with Crippen molar-refractivity contribution in [2.24, 2.45) is 15.7 Å². The monoisotopic (exact) mass is 155 g/mol. The molecule has 0 aliphatic carbocycles. The predicted octanol–water partition coefficient (Wildman–Crippen LogP) is 1.58. The highest BCUT2D eigenvalue weighted by atomic mass is 15.0. The summed E-state index contributed by atoms with van der Waals surface area (Å²) in [6, 6.07) is 0. The molecule has 0 aliphatic rings. The third kappa shape index (κ3) is 7.03. The number of aliphatic imine (C=N–C) groups is 2. The lowest BCUT2D eigenvalue weighted by Crippen LogP contribution is -2.10. The molecule has 0 aliphatic heterocycles. The van der Waals surface area contributed by atoms with Crippen molar-refractivity contribution in [3.05, 3.63) is 0 Å². The van der Waals surface area contributed by atoms with Gasteiger partial charge in [0.05, 0.1) is 0 Å². The minimum atomic E-state index is 0.401. The summed E-state index contributed by atoms with van der Waals surface area (Å²) < 4.78 is 0. The molecule has 0 bridgehead atoms. The Balaban J connectivity index is 3.72. The molecule has 0 saturated carbocycles. The first kappa shape index (κ1) is 10.1. The van der Waals surface area contributed by atoms with E-state index in [0.717, 1.165) is 25.1 Å². The molecular weight excluding hydrogens is 138 g/mol. The molecule has 0 amide bonds. The molecule has 0 spiro atoms. The van der Waals surface area contributed by atoms with Crippen LogP contribution in [0, 0.1) is 0 Å². The average molecular weight is 155 g/mol. The number of nitrogens with two attached hydrogens (primary N) is 1. The summed E-state index contributed by atoms with van der Waals surface area (Å²) >= 11 is 0. The maximum absolute atomic E-state index is 5.48. The molecule has 11 heavy (non-hydrogen) atoms. The Morgan fingerprint density at radius 3 is 2.45 bits per heavy atom. The zero-order valence-corrected chi connectivity index (χ0v) is 7.59. The van der Waals surface area contributed by atoms with Gasteiger partial charge >= 0.3 is 0 Å². The average Bonchev–Trinajstić information content (AvgIpc) is 1.86. The van der Waals surface area contributed by atoms with Crippen molar-refractivity contribution in [3.63, 3.8) is 0 Å². The Kier molecular flexibility index (Phi) is 5.43. The van der Waals surface area contributed by atoms with Gasteiger partial charge in [-0.3, -0.25) is 4.99 Å². The summed E-state index contributed by atoms with van der Waals surface area (Å²) in [5.41, 5.74) is 6.42. The fourth-order valence-corrected chi connectivity index (χ4v) is 0.616. The highest BCUT2D eigenvalue weighted by molar-refractivity contribution is 5.93. The number of unbranched alkanes of at least 4 members (excludes halogenated alkanes) is 1. The highest BCUT2D eigenvalue weighted by Crippen LogP contribution is 1.87. The van der Waals surface area contributed by atoms with Crippen molar-refractivity contribution in [3.8, 4) is 0 Å². The molecular formula is C8H17N3. The molecule has 0 heterocycles. The van der Waals surface area contributed by atoms with Crippen LogP contribution in [0.3, 0.4) is 0 Å². The van der Waals surface area contributed by atoms with Crippen molar-refractivity contribution >= 4 is 11.7 Å². The summed E-state index contributed by atoms with van der Waals surface area (Å²) in [6.45, 7) is 6.73. The van der Waals surface area contributed by atoms with Gasteiger partial charge in [0.25, 0.3) is 0 Å². The first-order valence-corrected chi connectivity index (χ1v) is 3.98. The van der Waals surface area contributed by atoms with Crippen LogP contribution in [-0.4, -0.2) is 18.2 Å². The lowest BCUT2D eigenvalue weighted by Gasteiger charge is -1.93. The second-order valence-electron chi connectivity index (χ2n) is 2.65. The van der Waals surface area contributed by atoms with E-state index in [1.54, 1.807) is 0 Å². The third-order valence-electron chi connectivity index (χ3n) is 1.12. The zero-order chi connectivity index (χ0) is 8.69. The van der Waals surface area contributed by atoms with Gasteiger partial charge in [0.2, 0.25) is 5.96 Å². The number of hydrogen-bond acceptors (Lipinski definition) is 1. The molecule has 0 aromatic carbocycles. The topological polar surface area (TPSA) is 50.7 Å². The fourth-order valence-electron chi connectivity index (χ4n) is 0.616. The predicted molar refractivity (Wildman–Crippen MR) is 50.2 cm³/mol. The van der Waals surface area contributed by atoms with Crippen LogP contribution in [0.5, 0.6) is 0 Å². The largest absolute Gasteiger partial charge is 0.368 e. The van der Waals surface area contributed by atoms with Gasteiger partial charge in [-0.15, -0.1) is 0 Å². The third-order valence-corrected chi connectivity index (χ3v) is 1.12. The lowest BCUT2D eigenvalue weighted by molar-refractivity contribution is 0.806. The van der Waals surface area contributed by atoms with E-state index in [0.29, 0.717) is 5.96 Å². The van der Waals surface area contributed by atoms with Crippen molar-refractivity contribution in [2.45, 2.75) is 33.6 Å². The summed E-state index contributed by atoms with van der Waals surface area (Å²) in [6.07, 6.45) is 2.23. The maximum Gasteiger partial charge on any atom is 0.215 e. The van der Waals surface area contributed by atoms with Crippen LogP contribution >= 0.6 is 0 Å². The minimum absolute atomic E-state index is 0.401. The Labute approximate surface area is 68.4 Å². The molecule has 0 aromatic rings. The molecule has 0 rings (SSSR count). The van der Waals surface area contributed by atoms with Crippen LogP contribution in [0.15, 0.2) is 9.98 Å². The van der Waals surface area contributed by atoms with Gasteiger partial charge in [0, 0.05) is 12.3 Å². The Bertz CT molecular complexity index is 155. The zero-order valence-electron chi connectivity index (χ0n) is 7.59. The van der Waals surface area contributed by atoms with Gasteiger partial charge in [0.15, 0.2) is 0 Å². The summed E-state index contributed by atoms with van der Waals surface area (Å²) in [4.78, 5) is 8.05. The van der Waals surface area contributed by atoms with Crippen LogP contribution in [0.25, 0.3) is 0 Å². The van der Waals surface area contributed by atoms with Crippen molar-refractivity contribution < 1.29 is 0 Å². The highest BCUT2D eigenvalue weighted by Gasteiger charge is 1.86. The van der Waals surface area contributed by atoms with E-state index in [2.05, 4.69) is 16.9 Å². The summed E-state index contributed by atoms with van der Waals surface area (Å²) in [5.74, 6) is 0.401. The first-order chi connectivity index (χ1) is 5.16. The Hall–Kier alpha value is -0.860. The van der Waals surface area contributed by atoms with Crippen molar-refractivity contribution in [1.29, 1.82) is 0 Å². The van der Waals surface area contributed by atoms with E-state index in [4.69, 9.17) is 5.73 Å². The maximum atomic E-state index is 5.48. The molecule has 0 unspecified atom stereocenters.